The fourth-order valence-corrected chi connectivity index (χ4v) is 4.92. The second kappa shape index (κ2) is 7.79. The molecule has 142 valence electrons. The molecule has 2 aromatic rings. The van der Waals surface area contributed by atoms with Gasteiger partial charge in [0.05, 0.1) is 10.6 Å². The first kappa shape index (κ1) is 20.4. The van der Waals surface area contributed by atoms with Crippen LogP contribution in [0.4, 0.5) is 4.79 Å². The van der Waals surface area contributed by atoms with Crippen LogP contribution in [-0.2, 0) is 4.79 Å². The summed E-state index contributed by atoms with van der Waals surface area (Å²) in [4.78, 5) is 42.8. The molecule has 2 heterocycles. The number of rotatable bonds is 5. The van der Waals surface area contributed by atoms with E-state index in [1.54, 1.807) is 4.57 Å². The quantitative estimate of drug-likeness (QED) is 0.597. The molecule has 0 radical (unpaired) electrons. The van der Waals surface area contributed by atoms with E-state index in [4.69, 9.17) is 5.73 Å². The van der Waals surface area contributed by atoms with Crippen molar-refractivity contribution in [2.24, 2.45) is 11.7 Å². The first-order valence-electron chi connectivity index (χ1n) is 8.33. The summed E-state index contributed by atoms with van der Waals surface area (Å²) in [6.07, 6.45) is 0. The van der Waals surface area contributed by atoms with Crippen molar-refractivity contribution in [1.29, 1.82) is 0 Å². The molecule has 0 aliphatic heterocycles. The molecule has 26 heavy (non-hydrogen) atoms. The summed E-state index contributed by atoms with van der Waals surface area (Å²) in [5.41, 5.74) is 5.91. The fourth-order valence-electron chi connectivity index (χ4n) is 2.62. The van der Waals surface area contributed by atoms with Crippen LogP contribution in [0, 0.1) is 19.8 Å². The van der Waals surface area contributed by atoms with Gasteiger partial charge in [-0.25, -0.2) is 9.78 Å². The molecule has 2 rings (SSSR count). The van der Waals surface area contributed by atoms with Crippen LogP contribution in [0.15, 0.2) is 9.95 Å². The molecule has 0 saturated carbocycles. The Labute approximate surface area is 160 Å². The number of aromatic nitrogens is 2. The van der Waals surface area contributed by atoms with Crippen LogP contribution in [0.5, 0.6) is 0 Å². The van der Waals surface area contributed by atoms with Crippen LogP contribution in [0.2, 0.25) is 0 Å². The van der Waals surface area contributed by atoms with Crippen LogP contribution in [0.1, 0.15) is 44.2 Å². The number of nitrogens with one attached hydrogen (secondary N) is 1. The summed E-state index contributed by atoms with van der Waals surface area (Å²) >= 11 is 2.65. The van der Waals surface area contributed by atoms with Crippen molar-refractivity contribution in [3.63, 3.8) is 0 Å². The van der Waals surface area contributed by atoms with Crippen molar-refractivity contribution in [3.05, 3.63) is 20.8 Å². The third-order valence-corrected chi connectivity index (χ3v) is 6.67. The molecule has 3 amide bonds. The van der Waals surface area contributed by atoms with E-state index >= 15 is 0 Å². The standard InChI is InChI=1S/C17H24N4O3S2/c1-7(2)12(13(22)19-16(18)24)26-17-20-14-11(9(5)10(6)25-14)15(23)21(17)8(3)4/h7-8,12H,1-6H3,(H3,18,19,22,24)/t12-/m1/s1. The molecule has 0 unspecified atom stereocenters. The topological polar surface area (TPSA) is 107 Å². The van der Waals surface area contributed by atoms with Gasteiger partial charge in [0.15, 0.2) is 5.16 Å². The van der Waals surface area contributed by atoms with Crippen molar-refractivity contribution < 1.29 is 9.59 Å². The van der Waals surface area contributed by atoms with Crippen molar-refractivity contribution >= 4 is 45.3 Å². The summed E-state index contributed by atoms with van der Waals surface area (Å²) < 4.78 is 1.61. The Hall–Kier alpha value is -1.87. The Balaban J connectivity index is 2.60. The van der Waals surface area contributed by atoms with Gasteiger partial charge in [-0.3, -0.25) is 19.5 Å². The highest BCUT2D eigenvalue weighted by atomic mass is 32.2. The Bertz CT molecular complexity index is 915. The summed E-state index contributed by atoms with van der Waals surface area (Å²) in [5.74, 6) is -0.569. The molecule has 9 heteroatoms. The normalized spacial score (nSPS) is 12.8. The maximum Gasteiger partial charge on any atom is 0.318 e. The SMILES string of the molecule is Cc1sc2nc(S[C@@H](C(=O)NC(N)=O)C(C)C)n(C(C)C)c(=O)c2c1C. The molecule has 0 saturated heterocycles. The van der Waals surface area contributed by atoms with Gasteiger partial charge in [-0.2, -0.15) is 0 Å². The number of carbonyl (C=O) groups excluding carboxylic acids is 2. The highest BCUT2D eigenvalue weighted by Crippen LogP contribution is 2.32. The van der Waals surface area contributed by atoms with E-state index in [2.05, 4.69) is 10.3 Å². The molecular formula is C17H24N4O3S2. The number of hydrogen-bond acceptors (Lipinski definition) is 6. The molecule has 0 aliphatic carbocycles. The number of primary amides is 1. The van der Waals surface area contributed by atoms with Crippen molar-refractivity contribution in [2.75, 3.05) is 0 Å². The Kier molecular flexibility index (Phi) is 6.13. The van der Waals surface area contributed by atoms with E-state index in [1.807, 2.05) is 41.5 Å². The van der Waals surface area contributed by atoms with Gasteiger partial charge in [-0.05, 0) is 39.2 Å². The zero-order valence-corrected chi connectivity index (χ0v) is 17.4. The van der Waals surface area contributed by atoms with Crippen LogP contribution >= 0.6 is 23.1 Å². The van der Waals surface area contributed by atoms with Crippen LogP contribution in [-0.4, -0.2) is 26.7 Å². The van der Waals surface area contributed by atoms with Gasteiger partial charge >= 0.3 is 6.03 Å². The number of fused-ring (bicyclic) bond motifs is 1. The lowest BCUT2D eigenvalue weighted by atomic mass is 10.1. The van der Waals surface area contributed by atoms with E-state index in [9.17, 15) is 14.4 Å². The first-order chi connectivity index (χ1) is 12.0. The number of imide groups is 1. The van der Waals surface area contributed by atoms with E-state index in [0.717, 1.165) is 10.4 Å². The molecule has 0 spiro atoms. The average molecular weight is 397 g/mol. The summed E-state index contributed by atoms with van der Waals surface area (Å²) in [5, 5.41) is 2.63. The number of aryl methyl sites for hydroxylation is 2. The van der Waals surface area contributed by atoms with E-state index in [0.29, 0.717) is 15.4 Å². The number of hydrogen-bond donors (Lipinski definition) is 2. The summed E-state index contributed by atoms with van der Waals surface area (Å²) in [7, 11) is 0. The summed E-state index contributed by atoms with van der Waals surface area (Å²) in [6.45, 7) is 11.4. The molecule has 0 aromatic carbocycles. The lowest BCUT2D eigenvalue weighted by molar-refractivity contribution is -0.120. The number of carbonyl (C=O) groups is 2. The first-order valence-corrected chi connectivity index (χ1v) is 10.0. The van der Waals surface area contributed by atoms with Gasteiger partial charge in [0, 0.05) is 10.9 Å². The molecule has 0 aliphatic rings. The predicted octanol–water partition coefficient (Wildman–Crippen LogP) is 2.97. The Morgan fingerprint density at radius 2 is 1.85 bits per heavy atom. The Morgan fingerprint density at radius 3 is 2.35 bits per heavy atom. The molecular weight excluding hydrogens is 372 g/mol. The minimum absolute atomic E-state index is 0.0839. The molecule has 0 bridgehead atoms. The number of thioether (sulfide) groups is 1. The third-order valence-electron chi connectivity index (χ3n) is 4.06. The lowest BCUT2D eigenvalue weighted by Gasteiger charge is -2.21. The molecule has 3 N–H and O–H groups in total. The summed E-state index contributed by atoms with van der Waals surface area (Å²) in [6, 6.07) is -1.01. The zero-order valence-electron chi connectivity index (χ0n) is 15.7. The highest BCUT2D eigenvalue weighted by molar-refractivity contribution is 8.00. The maximum atomic E-state index is 13.1. The molecule has 1 atom stereocenters. The number of thiophene rings is 1. The maximum absolute atomic E-state index is 13.1. The zero-order chi connectivity index (χ0) is 19.8. The second-order valence-corrected chi connectivity index (χ2v) is 9.07. The third kappa shape index (κ3) is 3.93. The van der Waals surface area contributed by atoms with Crippen molar-refractivity contribution in [2.45, 2.75) is 58.0 Å². The molecule has 0 fully saturated rings. The van der Waals surface area contributed by atoms with E-state index in [1.165, 1.54) is 23.1 Å². The average Bonchev–Trinajstić information content (AvgIpc) is 2.78. The van der Waals surface area contributed by atoms with Crippen LogP contribution in [0.3, 0.4) is 0 Å². The Morgan fingerprint density at radius 1 is 1.23 bits per heavy atom. The predicted molar refractivity (Wildman–Crippen MR) is 106 cm³/mol. The number of nitrogens with zero attached hydrogens (tertiary/aromatic N) is 2. The van der Waals surface area contributed by atoms with Gasteiger partial charge in [0.25, 0.3) is 5.56 Å². The molecule has 7 nitrogen and oxygen atoms in total. The smallest absolute Gasteiger partial charge is 0.318 e. The monoisotopic (exact) mass is 396 g/mol. The molecule has 2 aromatic heterocycles. The lowest BCUT2D eigenvalue weighted by Crippen LogP contribution is -2.42. The largest absolute Gasteiger partial charge is 0.351 e. The van der Waals surface area contributed by atoms with Crippen molar-refractivity contribution in [3.8, 4) is 0 Å². The van der Waals surface area contributed by atoms with Gasteiger partial charge in [0.1, 0.15) is 4.83 Å². The van der Waals surface area contributed by atoms with Crippen LogP contribution < -0.4 is 16.6 Å². The second-order valence-electron chi connectivity index (χ2n) is 6.76. The fraction of sp³-hybridized carbons (Fsp3) is 0.529. The van der Waals surface area contributed by atoms with Crippen molar-refractivity contribution in [1.82, 2.24) is 14.9 Å². The number of urea groups is 1. The number of nitrogens with two attached hydrogens (primary N) is 1. The minimum atomic E-state index is -0.893. The highest BCUT2D eigenvalue weighted by Gasteiger charge is 2.28. The van der Waals surface area contributed by atoms with Gasteiger partial charge in [-0.1, -0.05) is 25.6 Å². The number of amides is 3. The van der Waals surface area contributed by atoms with Gasteiger partial charge in [-0.15, -0.1) is 11.3 Å². The minimum Gasteiger partial charge on any atom is -0.351 e. The van der Waals surface area contributed by atoms with E-state index < -0.39 is 17.2 Å². The van der Waals surface area contributed by atoms with Crippen LogP contribution in [0.25, 0.3) is 10.2 Å². The van der Waals surface area contributed by atoms with Gasteiger partial charge in [0.2, 0.25) is 5.91 Å². The van der Waals surface area contributed by atoms with Gasteiger partial charge < -0.3 is 5.73 Å². The van der Waals surface area contributed by atoms with E-state index in [-0.39, 0.29) is 17.5 Å².